The van der Waals surface area contributed by atoms with Crippen molar-refractivity contribution in [2.45, 2.75) is 65.5 Å². The lowest BCUT2D eigenvalue weighted by atomic mass is 9.93. The summed E-state index contributed by atoms with van der Waals surface area (Å²) in [6.45, 7) is 6.30. The number of nitrogens with one attached hydrogen (secondary N) is 2. The molecule has 1 aliphatic carbocycles. The number of amides is 3. The van der Waals surface area contributed by atoms with E-state index >= 15 is 0 Å². The zero-order valence-electron chi connectivity index (χ0n) is 29.1. The van der Waals surface area contributed by atoms with Gasteiger partial charge in [0.1, 0.15) is 11.2 Å². The summed E-state index contributed by atoms with van der Waals surface area (Å²) in [5.74, 6) is 0.577. The fraction of sp³-hybridized carbons (Fsp3) is 0.368. The van der Waals surface area contributed by atoms with Crippen molar-refractivity contribution < 1.29 is 31.7 Å². The van der Waals surface area contributed by atoms with Crippen molar-refractivity contribution in [2.75, 3.05) is 25.1 Å². The molecule has 0 bridgehead atoms. The molecule has 1 saturated carbocycles. The Balaban J connectivity index is 0.00000120. The van der Waals surface area contributed by atoms with E-state index in [4.69, 9.17) is 17.4 Å². The van der Waals surface area contributed by atoms with E-state index in [2.05, 4.69) is 60.0 Å². The first kappa shape index (κ1) is 37.0. The number of carbonyl (C=O) groups excluding carboxylic acids is 3. The van der Waals surface area contributed by atoms with Gasteiger partial charge in [0.2, 0.25) is 17.7 Å². The molecule has 2 aliphatic rings. The van der Waals surface area contributed by atoms with Gasteiger partial charge in [0.25, 0.3) is 0 Å². The summed E-state index contributed by atoms with van der Waals surface area (Å²) in [5, 5.41) is 10.2. The minimum atomic E-state index is -3.11. The van der Waals surface area contributed by atoms with Crippen LogP contribution in [-0.2, 0) is 44.5 Å². The molecule has 0 saturated heterocycles. The van der Waals surface area contributed by atoms with E-state index in [1.54, 1.807) is 7.05 Å². The minimum absolute atomic E-state index is 0.125. The van der Waals surface area contributed by atoms with E-state index in [-0.39, 0.29) is 17.7 Å². The highest BCUT2D eigenvalue weighted by Gasteiger charge is 2.56. The number of benzene rings is 3. The summed E-state index contributed by atoms with van der Waals surface area (Å²) < 4.78 is 33.2. The van der Waals surface area contributed by atoms with Gasteiger partial charge in [-0.1, -0.05) is 48.5 Å². The number of ether oxygens (including phenoxy) is 1. The highest BCUT2D eigenvalue weighted by Crippen LogP contribution is 2.46. The lowest BCUT2D eigenvalue weighted by Crippen LogP contribution is -2.41. The Morgan fingerprint density at radius 3 is 2.43 bits per heavy atom. The fourth-order valence-corrected chi connectivity index (χ4v) is 6.46. The Kier molecular flexibility index (Phi) is 12.0. The Labute approximate surface area is 299 Å². The monoisotopic (exact) mass is 713 g/mol. The molecule has 51 heavy (non-hydrogen) atoms. The van der Waals surface area contributed by atoms with E-state index in [1.807, 2.05) is 52.2 Å². The van der Waals surface area contributed by atoms with Crippen LogP contribution in [0, 0.1) is 19.3 Å². The number of nitrogens with zero attached hydrogens (tertiary/aromatic N) is 3. The molecule has 3 aromatic carbocycles. The third kappa shape index (κ3) is 9.09. The molecule has 6 rings (SSSR count). The van der Waals surface area contributed by atoms with Crippen LogP contribution in [0.3, 0.4) is 0 Å². The zero-order chi connectivity index (χ0) is 36.5. The molecule has 1 fully saturated rings. The van der Waals surface area contributed by atoms with Crippen molar-refractivity contribution >= 4 is 34.0 Å². The van der Waals surface area contributed by atoms with Crippen molar-refractivity contribution in [1.29, 1.82) is 0 Å². The Morgan fingerprint density at radius 2 is 1.69 bits per heavy atom. The van der Waals surface area contributed by atoms with Crippen LogP contribution in [-0.4, -0.2) is 60.3 Å². The van der Waals surface area contributed by atoms with Crippen LogP contribution >= 0.6 is 0 Å². The SMILES string of the molecule is CNC(=O)C1(C(=O)NCc2cccc(Cn3cc(-c4cccc5c4CCCN5C(=O)CCCOc4cccc(C)c4C)cn3)c2)CC1.O=S(=O)=O. The molecule has 2 N–H and O–H groups in total. The molecule has 268 valence electrons. The van der Waals surface area contributed by atoms with Crippen LogP contribution in [0.25, 0.3) is 11.1 Å². The van der Waals surface area contributed by atoms with E-state index in [0.29, 0.717) is 45.4 Å². The Hall–Kier alpha value is -5.30. The maximum atomic E-state index is 13.4. The third-order valence-electron chi connectivity index (χ3n) is 9.48. The molecule has 1 aromatic heterocycles. The molecule has 2 heterocycles. The number of hydrogen-bond acceptors (Lipinski definition) is 8. The maximum absolute atomic E-state index is 13.4. The molecule has 4 aromatic rings. The van der Waals surface area contributed by atoms with E-state index in [9.17, 15) is 14.4 Å². The number of rotatable bonds is 12. The van der Waals surface area contributed by atoms with Crippen LogP contribution in [0.15, 0.2) is 73.1 Å². The van der Waals surface area contributed by atoms with Crippen molar-refractivity contribution in [2.24, 2.45) is 5.41 Å². The molecule has 0 unspecified atom stereocenters. The summed E-state index contributed by atoms with van der Waals surface area (Å²) in [7, 11) is -1.55. The maximum Gasteiger partial charge on any atom is 0.425 e. The average Bonchev–Trinajstić information content (AvgIpc) is 3.81. The van der Waals surface area contributed by atoms with Crippen LogP contribution in [0.2, 0.25) is 0 Å². The summed E-state index contributed by atoms with van der Waals surface area (Å²) in [6, 6.07) is 20.3. The lowest BCUT2D eigenvalue weighted by Gasteiger charge is -2.31. The fourth-order valence-electron chi connectivity index (χ4n) is 6.46. The first-order valence-electron chi connectivity index (χ1n) is 17.0. The highest BCUT2D eigenvalue weighted by molar-refractivity contribution is 7.59. The van der Waals surface area contributed by atoms with Gasteiger partial charge < -0.3 is 20.3 Å². The van der Waals surface area contributed by atoms with Crippen LogP contribution < -0.4 is 20.3 Å². The third-order valence-corrected chi connectivity index (χ3v) is 9.48. The van der Waals surface area contributed by atoms with Crippen molar-refractivity contribution in [3.8, 4) is 16.9 Å². The Morgan fingerprint density at radius 1 is 0.961 bits per heavy atom. The average molecular weight is 714 g/mol. The van der Waals surface area contributed by atoms with Gasteiger partial charge in [-0.2, -0.15) is 5.10 Å². The zero-order valence-corrected chi connectivity index (χ0v) is 29.9. The van der Waals surface area contributed by atoms with Crippen LogP contribution in [0.5, 0.6) is 5.75 Å². The van der Waals surface area contributed by atoms with Gasteiger partial charge in [0.15, 0.2) is 0 Å². The van der Waals surface area contributed by atoms with Gasteiger partial charge >= 0.3 is 10.6 Å². The van der Waals surface area contributed by atoms with Crippen LogP contribution in [0.4, 0.5) is 5.69 Å². The van der Waals surface area contributed by atoms with E-state index < -0.39 is 16.0 Å². The standard InChI is InChI=1S/C38H43N5O4.O3S/c1-26-9-4-15-34(27(26)2)47-20-8-16-35(44)43-19-7-13-32-31(12-6-14-33(32)43)30-23-41-42(25-30)24-29-11-5-10-28(21-29)22-40-37(46)38(17-18-38)36(45)39-3;1-4(2)3/h4-6,9-12,14-15,21,23,25H,7-8,13,16-20,22,24H2,1-3H3,(H,39,45)(H,40,46);. The summed E-state index contributed by atoms with van der Waals surface area (Å²) >= 11 is 0. The molecular formula is C38H43N5O7S. The summed E-state index contributed by atoms with van der Waals surface area (Å²) in [5.41, 5.74) is 7.75. The quantitative estimate of drug-likeness (QED) is 0.161. The highest BCUT2D eigenvalue weighted by atomic mass is 32.2. The molecule has 0 radical (unpaired) electrons. The molecule has 3 amide bonds. The second-order valence-electron chi connectivity index (χ2n) is 12.9. The first-order chi connectivity index (χ1) is 24.5. The number of anilines is 1. The summed E-state index contributed by atoms with van der Waals surface area (Å²) in [6.07, 6.45) is 8.03. The van der Waals surface area contributed by atoms with Crippen LogP contribution in [0.1, 0.15) is 59.9 Å². The van der Waals surface area contributed by atoms with Crippen molar-refractivity contribution in [3.05, 3.63) is 101 Å². The number of fused-ring (bicyclic) bond motifs is 1. The van der Waals surface area contributed by atoms with Gasteiger partial charge in [-0.3, -0.25) is 19.1 Å². The lowest BCUT2D eigenvalue weighted by molar-refractivity contribution is -0.137. The topological polar surface area (TPSA) is 157 Å². The molecule has 12 nitrogen and oxygen atoms in total. The largest absolute Gasteiger partial charge is 0.493 e. The predicted molar refractivity (Wildman–Crippen MR) is 192 cm³/mol. The molecule has 13 heteroatoms. The van der Waals surface area contributed by atoms with Gasteiger partial charge in [0.05, 0.1) is 19.3 Å². The smallest absolute Gasteiger partial charge is 0.425 e. The van der Waals surface area contributed by atoms with Gasteiger partial charge in [-0.25, -0.2) is 0 Å². The minimum Gasteiger partial charge on any atom is -0.493 e. The number of carbonyl (C=O) groups is 3. The second-order valence-corrected chi connectivity index (χ2v) is 13.3. The molecule has 1 aliphatic heterocycles. The van der Waals surface area contributed by atoms with E-state index in [1.165, 1.54) is 11.1 Å². The van der Waals surface area contributed by atoms with Gasteiger partial charge in [-0.15, -0.1) is 12.6 Å². The normalized spacial score (nSPS) is 14.0. The van der Waals surface area contributed by atoms with Crippen molar-refractivity contribution in [3.63, 3.8) is 0 Å². The molecular weight excluding hydrogens is 671 g/mol. The molecule has 0 spiro atoms. The Bertz CT molecular complexity index is 2020. The van der Waals surface area contributed by atoms with Gasteiger partial charge in [0, 0.05) is 44.0 Å². The predicted octanol–water partition coefficient (Wildman–Crippen LogP) is 4.49. The first-order valence-corrected chi connectivity index (χ1v) is 18.0. The molecule has 0 atom stereocenters. The number of aryl methyl sites for hydroxylation is 1. The summed E-state index contributed by atoms with van der Waals surface area (Å²) in [4.78, 5) is 40.1. The van der Waals surface area contributed by atoms with Crippen molar-refractivity contribution in [1.82, 2.24) is 20.4 Å². The van der Waals surface area contributed by atoms with Gasteiger partial charge in [-0.05, 0) is 91.5 Å². The second kappa shape index (κ2) is 16.6. The number of hydrogen-bond donors (Lipinski definition) is 2. The number of aromatic nitrogens is 2. The van der Waals surface area contributed by atoms with E-state index in [0.717, 1.165) is 58.6 Å².